The minimum absolute atomic E-state index is 0. The van der Waals surface area contributed by atoms with Crippen LogP contribution in [0.5, 0.6) is 5.75 Å². The van der Waals surface area contributed by atoms with Crippen molar-refractivity contribution in [3.8, 4) is 5.75 Å². The fourth-order valence-corrected chi connectivity index (χ4v) is 1.06. The first kappa shape index (κ1) is 19.7. The molecule has 2 rings (SSSR count). The quantitative estimate of drug-likeness (QED) is 0.665. The molecule has 0 aliphatic carbocycles. The molecule has 0 aromatic heterocycles. The van der Waals surface area contributed by atoms with Crippen molar-refractivity contribution < 1.29 is 42.9 Å². The van der Waals surface area contributed by atoms with Gasteiger partial charge in [-0.05, 0) is 12.1 Å². The van der Waals surface area contributed by atoms with E-state index in [1.165, 1.54) is 5.56 Å². The predicted molar refractivity (Wildman–Crippen MR) is 53.5 cm³/mol. The molecule has 5 radical (unpaired) electrons. The second kappa shape index (κ2) is 9.73. The largest absolute Gasteiger partial charge is 0.489 e. The van der Waals surface area contributed by atoms with E-state index in [-0.39, 0.29) is 56.5 Å². The minimum atomic E-state index is 0. The monoisotopic (exact) mass is 329 g/mol. The first-order chi connectivity index (χ1) is 4.97. The molecule has 0 bridgehead atoms. The molecule has 1 aromatic rings. The molecular formula is C10H12MnMoOSi. The van der Waals surface area contributed by atoms with Crippen LogP contribution >= 0.6 is 0 Å². The van der Waals surface area contributed by atoms with Crippen LogP contribution in [0.3, 0.4) is 0 Å². The van der Waals surface area contributed by atoms with E-state index in [9.17, 15) is 0 Å². The molecule has 1 heterocycles. The van der Waals surface area contributed by atoms with Crippen LogP contribution in [0.25, 0.3) is 6.08 Å². The van der Waals surface area contributed by atoms with Crippen molar-refractivity contribution in [2.75, 3.05) is 6.61 Å². The average molecular weight is 327 g/mol. The predicted octanol–water partition coefficient (Wildman–Crippen LogP) is 2.34. The second-order valence-electron chi connectivity index (χ2n) is 2.25. The fourth-order valence-electron chi connectivity index (χ4n) is 1.06. The zero-order chi connectivity index (χ0) is 6.81. The molecule has 0 unspecified atom stereocenters. The van der Waals surface area contributed by atoms with E-state index in [4.69, 9.17) is 4.74 Å². The summed E-state index contributed by atoms with van der Waals surface area (Å²) in [7, 11) is 0. The molecule has 0 fully saturated rings. The third-order valence-corrected chi connectivity index (χ3v) is 1.55. The Morgan fingerprint density at radius 1 is 1.14 bits per heavy atom. The Kier molecular flexibility index (Phi) is 13.7. The molecule has 1 aromatic carbocycles. The average Bonchev–Trinajstić information content (AvgIpc) is 2.05. The van der Waals surface area contributed by atoms with Crippen molar-refractivity contribution in [2.45, 2.75) is 7.43 Å². The number of hydrogen-bond donors (Lipinski definition) is 0. The van der Waals surface area contributed by atoms with Crippen LogP contribution in [0.15, 0.2) is 30.3 Å². The maximum Gasteiger partial charge on any atom is 0.126 e. The van der Waals surface area contributed by atoms with E-state index in [0.29, 0.717) is 6.61 Å². The van der Waals surface area contributed by atoms with Crippen LogP contribution in [-0.2, 0) is 38.1 Å². The molecule has 14 heavy (non-hydrogen) atoms. The zero-order valence-corrected chi connectivity index (χ0v) is 11.1. The summed E-state index contributed by atoms with van der Waals surface area (Å²) in [6.45, 7) is 0.705. The number of hydrogen-bond acceptors (Lipinski definition) is 1. The first-order valence-corrected chi connectivity index (χ1v) is 3.35. The summed E-state index contributed by atoms with van der Waals surface area (Å²) < 4.78 is 5.34. The van der Waals surface area contributed by atoms with Gasteiger partial charge >= 0.3 is 0 Å². The Labute approximate surface area is 115 Å². The van der Waals surface area contributed by atoms with E-state index in [2.05, 4.69) is 6.08 Å². The van der Waals surface area contributed by atoms with Gasteiger partial charge in [0.1, 0.15) is 12.4 Å². The van der Waals surface area contributed by atoms with Crippen molar-refractivity contribution in [1.29, 1.82) is 0 Å². The van der Waals surface area contributed by atoms with Crippen molar-refractivity contribution in [3.63, 3.8) is 0 Å². The number of fused-ring (bicyclic) bond motifs is 1. The molecule has 0 saturated carbocycles. The molecule has 0 saturated heterocycles. The Balaban J connectivity index is -0.000000302. The van der Waals surface area contributed by atoms with Gasteiger partial charge in [-0.2, -0.15) is 0 Å². The van der Waals surface area contributed by atoms with Gasteiger partial charge in [-0.25, -0.2) is 0 Å². The van der Waals surface area contributed by atoms with E-state index >= 15 is 0 Å². The summed E-state index contributed by atoms with van der Waals surface area (Å²) in [5.41, 5.74) is 1.17. The van der Waals surface area contributed by atoms with Crippen LogP contribution in [0.1, 0.15) is 13.0 Å². The fraction of sp³-hybridized carbons (Fsp3) is 0.200. The topological polar surface area (TPSA) is 9.23 Å². The van der Waals surface area contributed by atoms with Gasteiger partial charge in [0.25, 0.3) is 0 Å². The number of rotatable bonds is 0. The number of benzene rings is 1. The molecule has 0 spiro atoms. The molecule has 0 N–H and O–H groups in total. The molecule has 0 amide bonds. The van der Waals surface area contributed by atoms with Gasteiger partial charge in [-0.1, -0.05) is 31.7 Å². The van der Waals surface area contributed by atoms with Crippen molar-refractivity contribution in [3.05, 3.63) is 35.9 Å². The SMILES string of the molecule is C.C1=Cc2ccccc2OC1.[Mn].[Mo].[Si]. The van der Waals surface area contributed by atoms with Crippen LogP contribution in [0.2, 0.25) is 0 Å². The van der Waals surface area contributed by atoms with Crippen molar-refractivity contribution >= 4 is 17.0 Å². The Morgan fingerprint density at radius 2 is 1.79 bits per heavy atom. The molecular weight excluding hydrogens is 315 g/mol. The van der Waals surface area contributed by atoms with E-state index in [1.54, 1.807) is 0 Å². The second-order valence-corrected chi connectivity index (χ2v) is 2.25. The van der Waals surface area contributed by atoms with E-state index < -0.39 is 0 Å². The third kappa shape index (κ3) is 4.61. The normalized spacial score (nSPS) is 10.0. The molecule has 4 heteroatoms. The number of ether oxygens (including phenoxy) is 1. The molecule has 0 atom stereocenters. The van der Waals surface area contributed by atoms with Gasteiger partial charge < -0.3 is 4.74 Å². The summed E-state index contributed by atoms with van der Waals surface area (Å²) in [5.74, 6) is 0.991. The smallest absolute Gasteiger partial charge is 0.126 e. The Bertz CT molecular complexity index is 279. The standard InChI is InChI=1S/C9H8O.CH4.Mn.Mo.Si/c1-2-6-9-8(4-1)5-3-7-10-9;;;;/h1-6H,7H2;1H4;;;. The van der Waals surface area contributed by atoms with Gasteiger partial charge in [-0.15, -0.1) is 0 Å². The first-order valence-electron chi connectivity index (χ1n) is 3.35. The van der Waals surface area contributed by atoms with Gasteiger partial charge in [0.2, 0.25) is 0 Å². The number of para-hydroxylation sites is 1. The van der Waals surface area contributed by atoms with E-state index in [1.807, 2.05) is 30.3 Å². The van der Waals surface area contributed by atoms with Crippen molar-refractivity contribution in [2.24, 2.45) is 0 Å². The summed E-state index contributed by atoms with van der Waals surface area (Å²) >= 11 is 0. The van der Waals surface area contributed by atoms with Gasteiger partial charge in [0.05, 0.1) is 0 Å². The van der Waals surface area contributed by atoms with Crippen molar-refractivity contribution in [1.82, 2.24) is 0 Å². The van der Waals surface area contributed by atoms with Gasteiger partial charge in [0, 0.05) is 54.7 Å². The van der Waals surface area contributed by atoms with Crippen LogP contribution < -0.4 is 4.74 Å². The third-order valence-electron chi connectivity index (χ3n) is 1.55. The summed E-state index contributed by atoms with van der Waals surface area (Å²) in [5, 5.41) is 0. The molecule has 1 aliphatic rings. The zero-order valence-electron chi connectivity index (χ0n) is 6.87. The van der Waals surface area contributed by atoms with Crippen LogP contribution in [0, 0.1) is 0 Å². The van der Waals surface area contributed by atoms with Crippen LogP contribution in [-0.4, -0.2) is 17.6 Å². The summed E-state index contributed by atoms with van der Waals surface area (Å²) in [6, 6.07) is 8.03. The minimum Gasteiger partial charge on any atom is -0.489 e. The molecule has 75 valence electrons. The summed E-state index contributed by atoms with van der Waals surface area (Å²) in [4.78, 5) is 0. The van der Waals surface area contributed by atoms with E-state index in [0.717, 1.165) is 5.75 Å². The molecule has 1 aliphatic heterocycles. The Morgan fingerprint density at radius 3 is 2.43 bits per heavy atom. The van der Waals surface area contributed by atoms with Gasteiger partial charge in [0.15, 0.2) is 0 Å². The maximum atomic E-state index is 5.34. The Hall–Kier alpha value is 0.185. The summed E-state index contributed by atoms with van der Waals surface area (Å²) in [6.07, 6.45) is 4.10. The van der Waals surface area contributed by atoms with Crippen LogP contribution in [0.4, 0.5) is 0 Å². The maximum absolute atomic E-state index is 5.34. The van der Waals surface area contributed by atoms with Gasteiger partial charge in [-0.3, -0.25) is 0 Å². The molecule has 1 nitrogen and oxygen atoms in total.